The van der Waals surface area contributed by atoms with Crippen LogP contribution in [0.2, 0.25) is 0 Å². The van der Waals surface area contributed by atoms with Gasteiger partial charge in [0.15, 0.2) is 0 Å². The first-order valence-corrected chi connectivity index (χ1v) is 19.7. The van der Waals surface area contributed by atoms with Crippen LogP contribution in [0.25, 0.3) is 0 Å². The molecule has 0 heterocycles. The van der Waals surface area contributed by atoms with Gasteiger partial charge in [0.1, 0.15) is 11.2 Å². The van der Waals surface area contributed by atoms with E-state index < -0.39 is 23.1 Å². The van der Waals surface area contributed by atoms with E-state index in [0.717, 1.165) is 25.7 Å². The van der Waals surface area contributed by atoms with Crippen molar-refractivity contribution in [2.45, 2.75) is 145 Å². The number of hydrogen-bond acceptors (Lipinski definition) is 11. The molecule has 0 fully saturated rings. The Morgan fingerprint density at radius 2 is 1.11 bits per heavy atom. The molecular weight excluding hydrogens is 751 g/mol. The summed E-state index contributed by atoms with van der Waals surface area (Å²) in [6.45, 7) is 37.9. The summed E-state index contributed by atoms with van der Waals surface area (Å²) in [7, 11) is 0. The summed E-state index contributed by atoms with van der Waals surface area (Å²) in [6.07, 6.45) is 4.81. The van der Waals surface area contributed by atoms with Crippen LogP contribution >= 0.6 is 23.2 Å². The molecular formula is C41H73Cl2N2O10+. The molecule has 0 spiro atoms. The second-order valence-electron chi connectivity index (χ2n) is 14.8. The topological polar surface area (TPSA) is 170 Å². The summed E-state index contributed by atoms with van der Waals surface area (Å²) in [5.74, 6) is -2.36. The first kappa shape index (κ1) is 58.8. The van der Waals surface area contributed by atoms with Gasteiger partial charge in [-0.25, -0.2) is 4.79 Å². The highest BCUT2D eigenvalue weighted by atomic mass is 35.5. The van der Waals surface area contributed by atoms with Gasteiger partial charge in [-0.3, -0.25) is 14.4 Å². The van der Waals surface area contributed by atoms with Gasteiger partial charge in [0, 0.05) is 44.4 Å². The van der Waals surface area contributed by atoms with Crippen molar-refractivity contribution in [2.75, 3.05) is 31.6 Å². The van der Waals surface area contributed by atoms with Crippen molar-refractivity contribution in [1.82, 2.24) is 5.32 Å². The normalized spacial score (nSPS) is 12.9. The number of halogens is 2. The molecule has 0 radical (unpaired) electrons. The molecule has 0 rings (SSSR count). The number of nitrogens with two attached hydrogens (primary N) is 1. The van der Waals surface area contributed by atoms with Crippen molar-refractivity contribution in [3.05, 3.63) is 43.4 Å². The Bertz CT molecular complexity index is 1140. The molecule has 55 heavy (non-hydrogen) atoms. The Balaban J connectivity index is -0.000000360. The first-order valence-electron chi connectivity index (χ1n) is 18.6. The van der Waals surface area contributed by atoms with Gasteiger partial charge in [0.05, 0.1) is 29.4 Å². The summed E-state index contributed by atoms with van der Waals surface area (Å²) in [4.78, 5) is 56.4. The number of alkyl halides is 2. The van der Waals surface area contributed by atoms with Crippen molar-refractivity contribution in [1.29, 1.82) is 0 Å². The molecule has 0 bridgehead atoms. The van der Waals surface area contributed by atoms with Gasteiger partial charge in [-0.15, -0.1) is 23.2 Å². The molecule has 0 aliphatic rings. The molecule has 0 saturated carbocycles. The van der Waals surface area contributed by atoms with E-state index in [1.54, 1.807) is 6.92 Å². The zero-order chi connectivity index (χ0) is 43.9. The van der Waals surface area contributed by atoms with Gasteiger partial charge in [0.25, 0.3) is 0 Å². The zero-order valence-corrected chi connectivity index (χ0v) is 37.3. The van der Waals surface area contributed by atoms with E-state index in [2.05, 4.69) is 43.6 Å². The van der Waals surface area contributed by atoms with Gasteiger partial charge >= 0.3 is 23.9 Å². The van der Waals surface area contributed by atoms with E-state index in [1.807, 2.05) is 62.3 Å². The summed E-state index contributed by atoms with van der Waals surface area (Å²) in [5.41, 5.74) is 5.15. The van der Waals surface area contributed by atoms with E-state index in [0.29, 0.717) is 44.7 Å². The predicted molar refractivity (Wildman–Crippen MR) is 222 cm³/mol. The lowest BCUT2D eigenvalue weighted by atomic mass is 10.0. The zero-order valence-electron chi connectivity index (χ0n) is 35.8. The molecule has 0 aliphatic carbocycles. The molecule has 0 aromatic heterocycles. The van der Waals surface area contributed by atoms with Crippen LogP contribution in [-0.2, 0) is 47.7 Å². The standard InChI is InChI=1S/C18H33NO4.C14H29NO3.C8H9O3.CH2Cl2/c1-8-15(12-14(4)17(21)23-18(5,6)7)22-11-9-10-19-16(20)13(2)3;1-6-12(17-9-7-8-15)10-11(2)13(16)18-14(3,4)5;1-5(2)7(9)11-8(10)6(3)4;2-1-3/h14-15H,2,8-12H2,1,3-7H3,(H,19,20);11-12H,6-10,15H2,1-5H3;1-3H2,4H3;1H2/q;;+1;. The van der Waals surface area contributed by atoms with E-state index >= 15 is 0 Å². The molecule has 4 atom stereocenters. The van der Waals surface area contributed by atoms with Gasteiger partial charge in [0.2, 0.25) is 11.5 Å². The van der Waals surface area contributed by atoms with Crippen LogP contribution in [0, 0.1) is 18.8 Å². The fourth-order valence-corrected chi connectivity index (χ4v) is 3.74. The quantitative estimate of drug-likeness (QED) is 0.0231. The van der Waals surface area contributed by atoms with Crippen LogP contribution in [0.3, 0.4) is 0 Å². The van der Waals surface area contributed by atoms with Gasteiger partial charge in [-0.1, -0.05) is 40.9 Å². The first-order chi connectivity index (χ1) is 25.2. The maximum atomic E-state index is 12.0. The molecule has 0 aromatic rings. The second-order valence-corrected chi connectivity index (χ2v) is 15.6. The van der Waals surface area contributed by atoms with Crippen molar-refractivity contribution in [3.63, 3.8) is 0 Å². The van der Waals surface area contributed by atoms with Gasteiger partial charge in [-0.2, -0.15) is 4.79 Å². The van der Waals surface area contributed by atoms with Crippen molar-refractivity contribution in [3.8, 4) is 0 Å². The molecule has 0 saturated heterocycles. The molecule has 0 aliphatic heterocycles. The summed E-state index contributed by atoms with van der Waals surface area (Å²) in [5, 5.41) is 2.96. The van der Waals surface area contributed by atoms with Crippen LogP contribution in [0.15, 0.2) is 36.5 Å². The van der Waals surface area contributed by atoms with Crippen LogP contribution in [0.4, 0.5) is 0 Å². The molecule has 320 valence electrons. The number of rotatable bonds is 20. The smallest absolute Gasteiger partial charge is 0.457 e. The number of carbonyl (C=O) groups is 5. The van der Waals surface area contributed by atoms with Crippen LogP contribution in [0.1, 0.15) is 122 Å². The number of nitrogens with one attached hydrogen (secondary N) is 1. The highest BCUT2D eigenvalue weighted by molar-refractivity contribution is 6.40. The third-order valence-electron chi connectivity index (χ3n) is 6.63. The third kappa shape index (κ3) is 39.1. The fraction of sp³-hybridized carbons (Fsp3) is 0.707. The average molecular weight is 825 g/mol. The van der Waals surface area contributed by atoms with Crippen LogP contribution in [0.5, 0.6) is 0 Å². The number of ether oxygens (including phenoxy) is 5. The lowest BCUT2D eigenvalue weighted by molar-refractivity contribution is -0.161. The Labute approximate surface area is 342 Å². The summed E-state index contributed by atoms with van der Waals surface area (Å²) in [6, 6.07) is 0. The number of esters is 4. The number of hydrogen-bond donors (Lipinski definition) is 2. The maximum Gasteiger partial charge on any atom is 0.457 e. The Hall–Kier alpha value is -2.90. The van der Waals surface area contributed by atoms with E-state index in [9.17, 15) is 24.0 Å². The van der Waals surface area contributed by atoms with Crippen molar-refractivity contribution in [2.24, 2.45) is 17.6 Å². The largest absolute Gasteiger partial charge is 0.460 e. The molecule has 1 amide bonds. The molecule has 14 heteroatoms. The van der Waals surface area contributed by atoms with Crippen LogP contribution in [-0.4, -0.2) is 84.8 Å². The Morgan fingerprint density at radius 3 is 1.40 bits per heavy atom. The SMILES string of the molecule is C=C(C)C(=O)NCCCOC(CC)CC(C)C(=O)OC(C)(C)C.C=C([CH2+])C(=O)OC(=O)C(=C)C.CCC(CC(C)C(=O)OC(C)(C)C)OCCCN.ClCCl. The lowest BCUT2D eigenvalue weighted by Gasteiger charge is -2.24. The van der Waals surface area contributed by atoms with Gasteiger partial charge in [-0.05, 0) is 100 Å². The highest BCUT2D eigenvalue weighted by Gasteiger charge is 2.25. The molecule has 3 N–H and O–H groups in total. The fourth-order valence-electron chi connectivity index (χ4n) is 3.74. The second kappa shape index (κ2) is 33.3. The lowest BCUT2D eigenvalue weighted by Crippen LogP contribution is -2.30. The minimum Gasteiger partial charge on any atom is -0.460 e. The van der Waals surface area contributed by atoms with Gasteiger partial charge < -0.3 is 34.7 Å². The highest BCUT2D eigenvalue weighted by Crippen LogP contribution is 2.19. The van der Waals surface area contributed by atoms with E-state index in [4.69, 9.17) is 47.9 Å². The molecule has 0 aromatic carbocycles. The molecule has 12 nitrogen and oxygen atoms in total. The minimum atomic E-state index is -0.821. The molecule has 4 unspecified atom stereocenters. The van der Waals surface area contributed by atoms with Crippen molar-refractivity contribution < 1.29 is 47.7 Å². The monoisotopic (exact) mass is 823 g/mol. The third-order valence-corrected chi connectivity index (χ3v) is 6.63. The maximum absolute atomic E-state index is 12.0. The van der Waals surface area contributed by atoms with E-state index in [1.165, 1.54) is 6.92 Å². The summed E-state index contributed by atoms with van der Waals surface area (Å²) < 4.78 is 26.5. The Morgan fingerprint density at radius 1 is 0.727 bits per heavy atom. The average Bonchev–Trinajstić information content (AvgIpc) is 3.06. The van der Waals surface area contributed by atoms with E-state index in [-0.39, 0.29) is 58.4 Å². The summed E-state index contributed by atoms with van der Waals surface area (Å²) >= 11 is 9.53. The minimum absolute atomic E-state index is 0.0226. The number of carbonyl (C=O) groups excluding carboxylic acids is 5. The van der Waals surface area contributed by atoms with Crippen molar-refractivity contribution >= 4 is 53.0 Å². The Kier molecular flexibility index (Phi) is 35.6. The number of amides is 1. The van der Waals surface area contributed by atoms with Crippen LogP contribution < -0.4 is 11.1 Å². The predicted octanol–water partition coefficient (Wildman–Crippen LogP) is 8.17.